The Hall–Kier alpha value is -3.00. The van der Waals surface area contributed by atoms with E-state index in [4.69, 9.17) is 17.0 Å². The van der Waals surface area contributed by atoms with Gasteiger partial charge in [0.2, 0.25) is 0 Å². The Kier molecular flexibility index (Phi) is 6.02. The maximum absolute atomic E-state index is 12.2. The molecule has 8 heteroatoms. The lowest BCUT2D eigenvalue weighted by atomic mass is 10.2. The number of hydrogen-bond donors (Lipinski definition) is 2. The zero-order valence-corrected chi connectivity index (χ0v) is 14.6. The van der Waals surface area contributed by atoms with E-state index in [1.165, 1.54) is 6.07 Å². The molecule has 0 spiro atoms. The van der Waals surface area contributed by atoms with Crippen LogP contribution in [0.15, 0.2) is 42.5 Å². The van der Waals surface area contributed by atoms with Crippen LogP contribution in [0.25, 0.3) is 0 Å². The predicted molar refractivity (Wildman–Crippen MR) is 99.1 cm³/mol. The summed E-state index contributed by atoms with van der Waals surface area (Å²) in [6.45, 7) is 4.16. The molecule has 0 atom stereocenters. The minimum Gasteiger partial charge on any atom is -0.494 e. The lowest BCUT2D eigenvalue weighted by Gasteiger charge is -2.10. The lowest BCUT2D eigenvalue weighted by molar-refractivity contribution is -0.383. The number of carbonyl (C=O) groups excluding carboxylic acids is 1. The molecule has 2 rings (SSSR count). The third-order valence-corrected chi connectivity index (χ3v) is 3.46. The number of ether oxygens (including phenoxy) is 1. The number of nitrogens with zero attached hydrogens (tertiary/aromatic N) is 1. The topological polar surface area (TPSA) is 93.5 Å². The Morgan fingerprint density at radius 3 is 2.52 bits per heavy atom. The van der Waals surface area contributed by atoms with Crippen LogP contribution in [-0.4, -0.2) is 22.5 Å². The maximum atomic E-state index is 12.2. The number of nitrogens with one attached hydrogen (secondary N) is 2. The van der Waals surface area contributed by atoms with Gasteiger partial charge in [-0.25, -0.2) is 0 Å². The molecule has 7 nitrogen and oxygen atoms in total. The summed E-state index contributed by atoms with van der Waals surface area (Å²) in [5.74, 6) is 0.241. The molecule has 0 fully saturated rings. The molecule has 0 aliphatic rings. The second kappa shape index (κ2) is 8.20. The van der Waals surface area contributed by atoms with Crippen LogP contribution < -0.4 is 15.4 Å². The number of aryl methyl sites for hydroxylation is 1. The zero-order valence-electron chi connectivity index (χ0n) is 13.7. The van der Waals surface area contributed by atoms with Crippen molar-refractivity contribution in [2.75, 3.05) is 11.9 Å². The number of nitro groups is 1. The molecule has 0 aliphatic heterocycles. The van der Waals surface area contributed by atoms with Crippen LogP contribution in [0.4, 0.5) is 11.4 Å². The fraction of sp³-hybridized carbons (Fsp3) is 0.176. The van der Waals surface area contributed by atoms with E-state index in [9.17, 15) is 14.9 Å². The Labute approximate surface area is 150 Å². The number of benzene rings is 2. The summed E-state index contributed by atoms with van der Waals surface area (Å²) in [7, 11) is 0. The van der Waals surface area contributed by atoms with E-state index in [-0.39, 0.29) is 16.5 Å². The van der Waals surface area contributed by atoms with Crippen molar-refractivity contribution < 1.29 is 14.5 Å². The van der Waals surface area contributed by atoms with E-state index in [2.05, 4.69) is 10.6 Å². The fourth-order valence-corrected chi connectivity index (χ4v) is 2.30. The van der Waals surface area contributed by atoms with Gasteiger partial charge in [0.05, 0.1) is 11.5 Å². The van der Waals surface area contributed by atoms with E-state index in [0.717, 1.165) is 5.56 Å². The monoisotopic (exact) mass is 359 g/mol. The Morgan fingerprint density at radius 1 is 1.24 bits per heavy atom. The zero-order chi connectivity index (χ0) is 18.4. The van der Waals surface area contributed by atoms with Gasteiger partial charge < -0.3 is 10.1 Å². The first-order chi connectivity index (χ1) is 11.9. The highest BCUT2D eigenvalue weighted by Gasteiger charge is 2.16. The minimum atomic E-state index is -0.508. The molecular formula is C17H17N3O4S. The van der Waals surface area contributed by atoms with E-state index < -0.39 is 10.8 Å². The SMILES string of the molecule is CCOc1ccc(C(=O)NC(=S)Nc2ccc(C)cc2[N+](=O)[O-])cc1. The molecule has 0 bridgehead atoms. The highest BCUT2D eigenvalue weighted by molar-refractivity contribution is 7.80. The maximum Gasteiger partial charge on any atom is 0.292 e. The Morgan fingerprint density at radius 2 is 1.92 bits per heavy atom. The van der Waals surface area contributed by atoms with Crippen LogP contribution in [0.2, 0.25) is 0 Å². The molecule has 1 amide bonds. The van der Waals surface area contributed by atoms with Gasteiger partial charge in [-0.1, -0.05) is 6.07 Å². The molecule has 0 aliphatic carbocycles. The van der Waals surface area contributed by atoms with E-state index >= 15 is 0 Å². The van der Waals surface area contributed by atoms with Crippen LogP contribution in [0.1, 0.15) is 22.8 Å². The van der Waals surface area contributed by atoms with Crippen molar-refractivity contribution in [3.8, 4) is 5.75 Å². The molecule has 0 radical (unpaired) electrons. The van der Waals surface area contributed by atoms with Gasteiger partial charge in [0, 0.05) is 11.6 Å². The van der Waals surface area contributed by atoms with Crippen LogP contribution in [0, 0.1) is 17.0 Å². The van der Waals surface area contributed by atoms with Crippen molar-refractivity contribution in [3.63, 3.8) is 0 Å². The van der Waals surface area contributed by atoms with Crippen molar-refractivity contribution >= 4 is 34.6 Å². The van der Waals surface area contributed by atoms with Crippen LogP contribution in [0.3, 0.4) is 0 Å². The first-order valence-electron chi connectivity index (χ1n) is 7.51. The normalized spacial score (nSPS) is 10.0. The number of nitro benzene ring substituents is 1. The molecule has 25 heavy (non-hydrogen) atoms. The number of hydrogen-bond acceptors (Lipinski definition) is 5. The molecular weight excluding hydrogens is 342 g/mol. The van der Waals surface area contributed by atoms with Gasteiger partial charge >= 0.3 is 0 Å². The minimum absolute atomic E-state index is 0.0224. The summed E-state index contributed by atoms with van der Waals surface area (Å²) in [6, 6.07) is 11.3. The molecule has 130 valence electrons. The predicted octanol–water partition coefficient (Wildman–Crippen LogP) is 3.43. The standard InChI is InChI=1S/C17H17N3O4S/c1-3-24-13-7-5-12(6-8-13)16(21)19-17(25)18-14-9-4-11(2)10-15(14)20(22)23/h4-10H,3H2,1-2H3,(H2,18,19,21,25). The number of anilines is 1. The number of rotatable bonds is 5. The van der Waals surface area contributed by atoms with Gasteiger partial charge in [-0.15, -0.1) is 0 Å². The Bertz CT molecular complexity index is 806. The van der Waals surface area contributed by atoms with E-state index in [1.807, 2.05) is 6.92 Å². The highest BCUT2D eigenvalue weighted by Crippen LogP contribution is 2.25. The third-order valence-electron chi connectivity index (χ3n) is 3.25. The van der Waals surface area contributed by atoms with Crippen LogP contribution in [-0.2, 0) is 0 Å². The molecule has 2 aromatic rings. The van der Waals surface area contributed by atoms with Gasteiger partial charge in [0.25, 0.3) is 11.6 Å². The number of amides is 1. The van der Waals surface area contributed by atoms with Gasteiger partial charge in [0.1, 0.15) is 11.4 Å². The van der Waals surface area contributed by atoms with Crippen LogP contribution >= 0.6 is 12.2 Å². The smallest absolute Gasteiger partial charge is 0.292 e. The fourth-order valence-electron chi connectivity index (χ4n) is 2.10. The van der Waals surface area contributed by atoms with Crippen molar-refractivity contribution in [2.45, 2.75) is 13.8 Å². The molecule has 2 aromatic carbocycles. The lowest BCUT2D eigenvalue weighted by Crippen LogP contribution is -2.34. The van der Waals surface area contributed by atoms with Crippen molar-refractivity contribution in [3.05, 3.63) is 63.7 Å². The van der Waals surface area contributed by atoms with Crippen LogP contribution in [0.5, 0.6) is 5.75 Å². The van der Waals surface area contributed by atoms with Crippen molar-refractivity contribution in [1.29, 1.82) is 0 Å². The van der Waals surface area contributed by atoms with E-state index in [1.54, 1.807) is 43.3 Å². The summed E-state index contributed by atoms with van der Waals surface area (Å²) in [5.41, 5.74) is 1.25. The summed E-state index contributed by atoms with van der Waals surface area (Å²) in [6.07, 6.45) is 0. The molecule has 0 saturated carbocycles. The quantitative estimate of drug-likeness (QED) is 0.483. The summed E-state index contributed by atoms with van der Waals surface area (Å²) in [4.78, 5) is 22.8. The van der Waals surface area contributed by atoms with Crippen molar-refractivity contribution in [2.24, 2.45) is 0 Å². The Balaban J connectivity index is 2.05. The average Bonchev–Trinajstić information content (AvgIpc) is 2.57. The van der Waals surface area contributed by atoms with Gasteiger partial charge in [-0.3, -0.25) is 20.2 Å². The second-order valence-corrected chi connectivity index (χ2v) is 5.55. The molecule has 2 N–H and O–H groups in total. The molecule has 0 aromatic heterocycles. The molecule has 0 heterocycles. The third kappa shape index (κ3) is 4.98. The first-order valence-corrected chi connectivity index (χ1v) is 7.91. The molecule has 0 unspecified atom stereocenters. The van der Waals surface area contributed by atoms with Gasteiger partial charge in [-0.2, -0.15) is 0 Å². The summed E-state index contributed by atoms with van der Waals surface area (Å²) < 4.78 is 5.31. The van der Waals surface area contributed by atoms with E-state index in [0.29, 0.717) is 17.9 Å². The summed E-state index contributed by atoms with van der Waals surface area (Å²) >= 11 is 5.07. The number of thiocarbonyl (C=S) groups is 1. The number of carbonyl (C=O) groups is 1. The van der Waals surface area contributed by atoms with Gasteiger partial charge in [-0.05, 0) is 62.0 Å². The second-order valence-electron chi connectivity index (χ2n) is 5.14. The molecule has 0 saturated heterocycles. The summed E-state index contributed by atoms with van der Waals surface area (Å²) in [5, 5.41) is 16.3. The first kappa shape index (κ1) is 18.3. The van der Waals surface area contributed by atoms with Crippen molar-refractivity contribution in [1.82, 2.24) is 5.32 Å². The highest BCUT2D eigenvalue weighted by atomic mass is 32.1. The van der Waals surface area contributed by atoms with Gasteiger partial charge in [0.15, 0.2) is 5.11 Å². The average molecular weight is 359 g/mol. The largest absolute Gasteiger partial charge is 0.494 e.